The molecule has 0 aromatic heterocycles. The first-order chi connectivity index (χ1) is 11.2. The molecule has 0 atom stereocenters. The fourth-order valence-corrected chi connectivity index (χ4v) is 3.00. The fraction of sp³-hybridized carbons (Fsp3) is 0.556. The van der Waals surface area contributed by atoms with Crippen LogP contribution in [0.4, 0.5) is 0 Å². The summed E-state index contributed by atoms with van der Waals surface area (Å²) >= 11 is 0. The fourth-order valence-electron chi connectivity index (χ4n) is 3.00. The predicted octanol–water partition coefficient (Wildman–Crippen LogP) is 1.96. The minimum absolute atomic E-state index is 0.0958. The standard InChI is InChI=1S/C18H27N3O2/c19-13-15-6-8-16(9-7-15)18(23)21-11-10-20-17(22)12-14-4-2-1-3-5-14/h6-9,14H,1-5,10-13,19H2,(H,20,22)(H,21,23). The first-order valence-corrected chi connectivity index (χ1v) is 8.53. The largest absolute Gasteiger partial charge is 0.354 e. The molecule has 2 rings (SSSR count). The first-order valence-electron chi connectivity index (χ1n) is 8.53. The molecule has 0 spiro atoms. The molecule has 0 radical (unpaired) electrons. The molecule has 1 aliphatic carbocycles. The molecule has 4 N–H and O–H groups in total. The molecule has 5 nitrogen and oxygen atoms in total. The van der Waals surface area contributed by atoms with E-state index >= 15 is 0 Å². The van der Waals surface area contributed by atoms with Crippen molar-refractivity contribution in [2.45, 2.75) is 45.1 Å². The van der Waals surface area contributed by atoms with Crippen molar-refractivity contribution in [3.05, 3.63) is 35.4 Å². The molecule has 5 heteroatoms. The van der Waals surface area contributed by atoms with Gasteiger partial charge in [-0.25, -0.2) is 0 Å². The van der Waals surface area contributed by atoms with Crippen molar-refractivity contribution in [2.24, 2.45) is 11.7 Å². The second-order valence-electron chi connectivity index (χ2n) is 6.22. The zero-order chi connectivity index (χ0) is 16.5. The summed E-state index contributed by atoms with van der Waals surface area (Å²) in [7, 11) is 0. The maximum Gasteiger partial charge on any atom is 0.251 e. The number of amides is 2. The minimum Gasteiger partial charge on any atom is -0.354 e. The van der Waals surface area contributed by atoms with Gasteiger partial charge in [0.15, 0.2) is 0 Å². The van der Waals surface area contributed by atoms with Crippen LogP contribution in [-0.4, -0.2) is 24.9 Å². The van der Waals surface area contributed by atoms with Crippen molar-refractivity contribution in [1.29, 1.82) is 0 Å². The van der Waals surface area contributed by atoms with Gasteiger partial charge in [0.1, 0.15) is 0 Å². The van der Waals surface area contributed by atoms with E-state index in [1.165, 1.54) is 32.1 Å². The molecule has 1 aliphatic rings. The van der Waals surface area contributed by atoms with E-state index in [4.69, 9.17) is 5.73 Å². The van der Waals surface area contributed by atoms with Crippen molar-refractivity contribution in [3.63, 3.8) is 0 Å². The lowest BCUT2D eigenvalue weighted by Gasteiger charge is -2.20. The van der Waals surface area contributed by atoms with Crippen LogP contribution < -0.4 is 16.4 Å². The normalized spacial score (nSPS) is 15.2. The second kappa shape index (κ2) is 9.30. The molecule has 1 aromatic rings. The van der Waals surface area contributed by atoms with Gasteiger partial charge in [0.05, 0.1) is 0 Å². The van der Waals surface area contributed by atoms with Crippen LogP contribution in [0, 0.1) is 5.92 Å². The summed E-state index contributed by atoms with van der Waals surface area (Å²) in [5, 5.41) is 5.70. The Morgan fingerprint density at radius 3 is 2.30 bits per heavy atom. The van der Waals surface area contributed by atoms with Crippen molar-refractivity contribution < 1.29 is 9.59 Å². The van der Waals surface area contributed by atoms with Gasteiger partial charge < -0.3 is 16.4 Å². The molecule has 0 bridgehead atoms. The molecule has 0 aliphatic heterocycles. The molecular weight excluding hydrogens is 290 g/mol. The summed E-state index contributed by atoms with van der Waals surface area (Å²) in [6.45, 7) is 1.38. The Balaban J connectivity index is 1.62. The Labute approximate surface area is 138 Å². The summed E-state index contributed by atoms with van der Waals surface area (Å²) in [5.41, 5.74) is 7.13. The zero-order valence-corrected chi connectivity index (χ0v) is 13.6. The Hall–Kier alpha value is -1.88. The molecule has 0 saturated heterocycles. The van der Waals surface area contributed by atoms with Gasteiger partial charge in [-0.15, -0.1) is 0 Å². The van der Waals surface area contributed by atoms with Gasteiger partial charge in [0.25, 0.3) is 5.91 Å². The highest BCUT2D eigenvalue weighted by molar-refractivity contribution is 5.94. The average Bonchev–Trinajstić information content (AvgIpc) is 2.59. The number of nitrogens with one attached hydrogen (secondary N) is 2. The Morgan fingerprint density at radius 2 is 1.65 bits per heavy atom. The van der Waals surface area contributed by atoms with E-state index in [0.29, 0.717) is 37.5 Å². The predicted molar refractivity (Wildman–Crippen MR) is 90.9 cm³/mol. The van der Waals surface area contributed by atoms with Gasteiger partial charge in [-0.05, 0) is 36.5 Å². The van der Waals surface area contributed by atoms with Crippen LogP contribution in [-0.2, 0) is 11.3 Å². The molecular formula is C18H27N3O2. The molecule has 1 saturated carbocycles. The van der Waals surface area contributed by atoms with Crippen LogP contribution in [0.5, 0.6) is 0 Å². The van der Waals surface area contributed by atoms with Gasteiger partial charge >= 0.3 is 0 Å². The van der Waals surface area contributed by atoms with Crippen LogP contribution in [0.3, 0.4) is 0 Å². The van der Waals surface area contributed by atoms with E-state index in [9.17, 15) is 9.59 Å². The quantitative estimate of drug-likeness (QED) is 0.672. The maximum absolute atomic E-state index is 12.0. The monoisotopic (exact) mass is 317 g/mol. The van der Waals surface area contributed by atoms with Crippen molar-refractivity contribution in [3.8, 4) is 0 Å². The number of hydrogen-bond donors (Lipinski definition) is 3. The average molecular weight is 317 g/mol. The Kier molecular flexibility index (Phi) is 7.07. The SMILES string of the molecule is NCc1ccc(C(=O)NCCNC(=O)CC2CCCCC2)cc1. The summed E-state index contributed by atoms with van der Waals surface area (Å²) in [6, 6.07) is 7.22. The topological polar surface area (TPSA) is 84.2 Å². The highest BCUT2D eigenvalue weighted by Gasteiger charge is 2.16. The third-order valence-electron chi connectivity index (χ3n) is 4.38. The van der Waals surface area contributed by atoms with E-state index in [-0.39, 0.29) is 11.8 Å². The molecule has 1 aromatic carbocycles. The van der Waals surface area contributed by atoms with Crippen LogP contribution >= 0.6 is 0 Å². The molecule has 0 heterocycles. The lowest BCUT2D eigenvalue weighted by atomic mass is 9.87. The van der Waals surface area contributed by atoms with Gasteiger partial charge in [0, 0.05) is 31.6 Å². The molecule has 0 unspecified atom stereocenters. The van der Waals surface area contributed by atoms with Gasteiger partial charge in [0.2, 0.25) is 5.91 Å². The number of nitrogens with two attached hydrogens (primary N) is 1. The van der Waals surface area contributed by atoms with E-state index in [2.05, 4.69) is 10.6 Å². The van der Waals surface area contributed by atoms with E-state index in [0.717, 1.165) is 5.56 Å². The number of carbonyl (C=O) groups is 2. The molecule has 1 fully saturated rings. The van der Waals surface area contributed by atoms with Crippen molar-refractivity contribution in [1.82, 2.24) is 10.6 Å². The van der Waals surface area contributed by atoms with E-state index in [1.807, 2.05) is 12.1 Å². The minimum atomic E-state index is -0.130. The summed E-state index contributed by atoms with van der Waals surface area (Å²) in [6.07, 6.45) is 6.75. The summed E-state index contributed by atoms with van der Waals surface area (Å²) in [5.74, 6) is 0.507. The van der Waals surface area contributed by atoms with Gasteiger partial charge in [-0.3, -0.25) is 9.59 Å². The van der Waals surface area contributed by atoms with Crippen molar-refractivity contribution >= 4 is 11.8 Å². The van der Waals surface area contributed by atoms with Crippen LogP contribution in [0.2, 0.25) is 0 Å². The maximum atomic E-state index is 12.0. The highest BCUT2D eigenvalue weighted by atomic mass is 16.2. The number of benzene rings is 1. The zero-order valence-electron chi connectivity index (χ0n) is 13.6. The summed E-state index contributed by atoms with van der Waals surface area (Å²) in [4.78, 5) is 23.8. The smallest absolute Gasteiger partial charge is 0.251 e. The molecule has 23 heavy (non-hydrogen) atoms. The molecule has 126 valence electrons. The van der Waals surface area contributed by atoms with Crippen molar-refractivity contribution in [2.75, 3.05) is 13.1 Å². The third kappa shape index (κ3) is 6.02. The van der Waals surface area contributed by atoms with Crippen LogP contribution in [0.1, 0.15) is 54.4 Å². The third-order valence-corrected chi connectivity index (χ3v) is 4.38. The summed E-state index contributed by atoms with van der Waals surface area (Å²) < 4.78 is 0. The van der Waals surface area contributed by atoms with E-state index < -0.39 is 0 Å². The van der Waals surface area contributed by atoms with Crippen LogP contribution in [0.15, 0.2) is 24.3 Å². The Morgan fingerprint density at radius 1 is 1.00 bits per heavy atom. The second-order valence-corrected chi connectivity index (χ2v) is 6.22. The number of hydrogen-bond acceptors (Lipinski definition) is 3. The lowest BCUT2D eigenvalue weighted by Crippen LogP contribution is -2.35. The van der Waals surface area contributed by atoms with Gasteiger partial charge in [-0.2, -0.15) is 0 Å². The van der Waals surface area contributed by atoms with E-state index in [1.54, 1.807) is 12.1 Å². The first kappa shape index (κ1) is 17.5. The van der Waals surface area contributed by atoms with Crippen LogP contribution in [0.25, 0.3) is 0 Å². The highest BCUT2D eigenvalue weighted by Crippen LogP contribution is 2.25. The molecule has 2 amide bonds. The Bertz CT molecular complexity index is 508. The van der Waals surface area contributed by atoms with Gasteiger partial charge in [-0.1, -0.05) is 31.4 Å². The number of carbonyl (C=O) groups excluding carboxylic acids is 2. The lowest BCUT2D eigenvalue weighted by molar-refractivity contribution is -0.122. The number of rotatable bonds is 7.